The maximum absolute atomic E-state index is 12.3. The second kappa shape index (κ2) is 7.42. The fourth-order valence-electron chi connectivity index (χ4n) is 3.12. The average molecular weight is 309 g/mol. The van der Waals surface area contributed by atoms with Crippen molar-refractivity contribution in [1.29, 1.82) is 0 Å². The maximum atomic E-state index is 12.3. The zero-order valence-electron chi connectivity index (χ0n) is 13.5. The predicted molar refractivity (Wildman–Crippen MR) is 90.8 cm³/mol. The predicted octanol–water partition coefficient (Wildman–Crippen LogP) is 3.81. The Morgan fingerprint density at radius 1 is 1.13 bits per heavy atom. The van der Waals surface area contributed by atoms with Crippen molar-refractivity contribution in [1.82, 2.24) is 4.90 Å². The molecule has 3 heteroatoms. The average Bonchev–Trinajstić information content (AvgIpc) is 3.11. The minimum Gasteiger partial charge on any atom is -0.461 e. The van der Waals surface area contributed by atoms with Gasteiger partial charge in [-0.15, -0.1) is 0 Å². The topological polar surface area (TPSA) is 29.5 Å². The van der Waals surface area contributed by atoms with E-state index >= 15 is 0 Å². The van der Waals surface area contributed by atoms with Gasteiger partial charge < -0.3 is 4.74 Å². The first-order chi connectivity index (χ1) is 11.2. The molecule has 0 aromatic heterocycles. The van der Waals surface area contributed by atoms with E-state index in [0.717, 1.165) is 25.1 Å². The van der Waals surface area contributed by atoms with E-state index in [0.29, 0.717) is 12.6 Å². The molecular formula is C20H23NO2. The van der Waals surface area contributed by atoms with E-state index in [1.807, 2.05) is 36.4 Å². The Hall–Kier alpha value is -2.13. The van der Waals surface area contributed by atoms with Crippen LogP contribution < -0.4 is 0 Å². The summed E-state index contributed by atoms with van der Waals surface area (Å²) in [5.41, 5.74) is 2.33. The lowest BCUT2D eigenvalue weighted by Crippen LogP contribution is -2.27. The molecule has 2 aromatic carbocycles. The molecule has 1 aliphatic rings. The maximum Gasteiger partial charge on any atom is 0.310 e. The van der Waals surface area contributed by atoms with Crippen LogP contribution in [0.4, 0.5) is 0 Å². The molecule has 2 aromatic rings. The van der Waals surface area contributed by atoms with E-state index < -0.39 is 0 Å². The van der Waals surface area contributed by atoms with Gasteiger partial charge in [0.05, 0.1) is 5.92 Å². The third kappa shape index (κ3) is 3.99. The zero-order valence-corrected chi connectivity index (χ0v) is 13.5. The van der Waals surface area contributed by atoms with Gasteiger partial charge in [-0.2, -0.15) is 0 Å². The quantitative estimate of drug-likeness (QED) is 0.787. The van der Waals surface area contributed by atoms with E-state index in [1.54, 1.807) is 0 Å². The molecule has 3 nitrogen and oxygen atoms in total. The van der Waals surface area contributed by atoms with E-state index in [2.05, 4.69) is 36.1 Å². The lowest BCUT2D eigenvalue weighted by atomic mass is 10.1. The lowest BCUT2D eigenvalue weighted by molar-refractivity contribution is -0.149. The Bertz CT molecular complexity index is 627. The van der Waals surface area contributed by atoms with E-state index in [9.17, 15) is 4.79 Å². The number of nitrogens with zero attached hydrogens (tertiary/aromatic N) is 1. The third-order valence-corrected chi connectivity index (χ3v) is 4.61. The van der Waals surface area contributed by atoms with E-state index in [4.69, 9.17) is 4.74 Å². The number of hydrogen-bond acceptors (Lipinski definition) is 3. The summed E-state index contributed by atoms with van der Waals surface area (Å²) in [6, 6.07) is 20.6. The fraction of sp³-hybridized carbons (Fsp3) is 0.350. The smallest absolute Gasteiger partial charge is 0.310 e. The summed E-state index contributed by atoms with van der Waals surface area (Å²) >= 11 is 0. The summed E-state index contributed by atoms with van der Waals surface area (Å²) < 4.78 is 5.48. The van der Waals surface area contributed by atoms with Crippen molar-refractivity contribution < 1.29 is 9.53 Å². The molecule has 3 rings (SSSR count). The van der Waals surface area contributed by atoms with Crippen LogP contribution in [0.5, 0.6) is 0 Å². The number of benzene rings is 2. The SMILES string of the molecule is C[C@H](c1ccccc1)N1CC[C@@H](C(=O)OCc2ccccc2)C1. The summed E-state index contributed by atoms with van der Waals surface area (Å²) in [6.45, 7) is 4.29. The number of likely N-dealkylation sites (tertiary alicyclic amines) is 1. The fourth-order valence-corrected chi connectivity index (χ4v) is 3.12. The van der Waals surface area contributed by atoms with Gasteiger partial charge in [-0.1, -0.05) is 60.7 Å². The molecule has 120 valence electrons. The van der Waals surface area contributed by atoms with Gasteiger partial charge in [0.25, 0.3) is 0 Å². The number of rotatable bonds is 5. The highest BCUT2D eigenvalue weighted by molar-refractivity contribution is 5.73. The highest BCUT2D eigenvalue weighted by atomic mass is 16.5. The Kier molecular flexibility index (Phi) is 5.09. The van der Waals surface area contributed by atoms with Crippen LogP contribution in [0, 0.1) is 5.92 Å². The summed E-state index contributed by atoms with van der Waals surface area (Å²) in [6.07, 6.45) is 0.880. The van der Waals surface area contributed by atoms with Crippen molar-refractivity contribution in [2.24, 2.45) is 5.92 Å². The highest BCUT2D eigenvalue weighted by Gasteiger charge is 2.32. The van der Waals surface area contributed by atoms with Gasteiger partial charge >= 0.3 is 5.97 Å². The normalized spacial score (nSPS) is 19.4. The third-order valence-electron chi connectivity index (χ3n) is 4.61. The van der Waals surface area contributed by atoms with Crippen molar-refractivity contribution in [3.63, 3.8) is 0 Å². The number of carbonyl (C=O) groups is 1. The number of ether oxygens (including phenoxy) is 1. The van der Waals surface area contributed by atoms with Gasteiger partial charge in [0, 0.05) is 12.6 Å². The molecule has 1 aliphatic heterocycles. The second-order valence-electron chi connectivity index (χ2n) is 6.16. The molecule has 0 radical (unpaired) electrons. The minimum absolute atomic E-state index is 0.00938. The molecule has 1 saturated heterocycles. The first-order valence-corrected chi connectivity index (χ1v) is 8.23. The van der Waals surface area contributed by atoms with Crippen LogP contribution >= 0.6 is 0 Å². The number of esters is 1. The van der Waals surface area contributed by atoms with Crippen molar-refractivity contribution >= 4 is 5.97 Å². The summed E-state index contributed by atoms with van der Waals surface area (Å²) in [5, 5.41) is 0. The van der Waals surface area contributed by atoms with Crippen molar-refractivity contribution in [3.8, 4) is 0 Å². The Morgan fingerprint density at radius 3 is 2.48 bits per heavy atom. The second-order valence-corrected chi connectivity index (χ2v) is 6.16. The number of carbonyl (C=O) groups excluding carboxylic acids is 1. The first-order valence-electron chi connectivity index (χ1n) is 8.23. The molecule has 2 atom stereocenters. The van der Waals surface area contributed by atoms with Gasteiger partial charge in [0.15, 0.2) is 0 Å². The monoisotopic (exact) mass is 309 g/mol. The summed E-state index contributed by atoms with van der Waals surface area (Å²) in [7, 11) is 0. The van der Waals surface area contributed by atoms with Crippen LogP contribution in [-0.4, -0.2) is 24.0 Å². The van der Waals surface area contributed by atoms with Crippen LogP contribution in [0.25, 0.3) is 0 Å². The van der Waals surface area contributed by atoms with E-state index in [1.165, 1.54) is 5.56 Å². The largest absolute Gasteiger partial charge is 0.461 e. The van der Waals surface area contributed by atoms with Crippen molar-refractivity contribution in [2.75, 3.05) is 13.1 Å². The molecule has 0 aliphatic carbocycles. The Morgan fingerprint density at radius 2 is 1.78 bits per heavy atom. The summed E-state index contributed by atoms with van der Waals surface area (Å²) in [4.78, 5) is 14.6. The van der Waals surface area contributed by atoms with Crippen LogP contribution in [-0.2, 0) is 16.1 Å². The van der Waals surface area contributed by atoms with Crippen LogP contribution in [0.3, 0.4) is 0 Å². The molecule has 0 N–H and O–H groups in total. The van der Waals surface area contributed by atoms with Crippen LogP contribution in [0.15, 0.2) is 60.7 Å². The van der Waals surface area contributed by atoms with Gasteiger partial charge in [-0.05, 0) is 31.0 Å². The molecule has 0 spiro atoms. The molecule has 0 bridgehead atoms. The van der Waals surface area contributed by atoms with Crippen molar-refractivity contribution in [2.45, 2.75) is 26.0 Å². The number of hydrogen-bond donors (Lipinski definition) is 0. The zero-order chi connectivity index (χ0) is 16.1. The molecule has 0 amide bonds. The molecule has 1 heterocycles. The van der Waals surface area contributed by atoms with Gasteiger partial charge in [0.2, 0.25) is 0 Å². The van der Waals surface area contributed by atoms with Gasteiger partial charge in [-0.3, -0.25) is 9.69 Å². The molecule has 0 saturated carbocycles. The minimum atomic E-state index is -0.0726. The Labute approximate surface area is 137 Å². The molecular weight excluding hydrogens is 286 g/mol. The van der Waals surface area contributed by atoms with E-state index in [-0.39, 0.29) is 11.9 Å². The molecule has 23 heavy (non-hydrogen) atoms. The van der Waals surface area contributed by atoms with Gasteiger partial charge in [-0.25, -0.2) is 0 Å². The highest BCUT2D eigenvalue weighted by Crippen LogP contribution is 2.28. The van der Waals surface area contributed by atoms with Crippen molar-refractivity contribution in [3.05, 3.63) is 71.8 Å². The van der Waals surface area contributed by atoms with Crippen LogP contribution in [0.1, 0.15) is 30.5 Å². The standard InChI is InChI=1S/C20H23NO2/c1-16(18-10-6-3-7-11-18)21-13-12-19(14-21)20(22)23-15-17-8-4-2-5-9-17/h2-11,16,19H,12-15H2,1H3/t16-,19-/m1/s1. The Balaban J connectivity index is 1.52. The lowest BCUT2D eigenvalue weighted by Gasteiger charge is -2.24. The summed E-state index contributed by atoms with van der Waals surface area (Å²) in [5.74, 6) is -0.0820. The molecule has 0 unspecified atom stereocenters. The van der Waals surface area contributed by atoms with Gasteiger partial charge in [0.1, 0.15) is 6.61 Å². The van der Waals surface area contributed by atoms with Crippen LogP contribution in [0.2, 0.25) is 0 Å². The first kappa shape index (κ1) is 15.8. The molecule has 1 fully saturated rings.